The van der Waals surface area contributed by atoms with E-state index >= 15 is 0 Å². The topological polar surface area (TPSA) is 54.0 Å². The van der Waals surface area contributed by atoms with Crippen molar-refractivity contribution in [2.45, 2.75) is 18.9 Å². The number of benzene rings is 2. The van der Waals surface area contributed by atoms with E-state index in [0.717, 1.165) is 57.7 Å². The van der Waals surface area contributed by atoms with E-state index in [1.807, 2.05) is 36.4 Å². The van der Waals surface area contributed by atoms with Crippen molar-refractivity contribution in [2.75, 3.05) is 58.9 Å². The van der Waals surface area contributed by atoms with E-state index in [0.29, 0.717) is 16.5 Å². The first-order valence-electron chi connectivity index (χ1n) is 10.8. The summed E-state index contributed by atoms with van der Waals surface area (Å²) in [5.74, 6) is 0.528. The maximum Gasteiger partial charge on any atom is 0.246 e. The second kappa shape index (κ2) is 12.1. The standard InChI is InChI=1S/C24H32ClN3O3/c1-30-17-7-13-27-12-6-14-28(16-15-27)23(19-8-4-3-5-9-19)24(29)26-20-10-11-22(31-2)21(25)18-20/h3-5,8-11,18,23H,6-7,12-17H2,1-2H3,(H,26,29)/t23-/m1/s1. The fraction of sp³-hybridized carbons (Fsp3) is 0.458. The van der Waals surface area contributed by atoms with Crippen molar-refractivity contribution >= 4 is 23.2 Å². The molecule has 1 saturated heterocycles. The zero-order valence-corrected chi connectivity index (χ0v) is 19.1. The first-order chi connectivity index (χ1) is 15.1. The van der Waals surface area contributed by atoms with Gasteiger partial charge in [-0.25, -0.2) is 0 Å². The van der Waals surface area contributed by atoms with Crippen LogP contribution in [0.15, 0.2) is 48.5 Å². The summed E-state index contributed by atoms with van der Waals surface area (Å²) < 4.78 is 10.4. The van der Waals surface area contributed by atoms with Gasteiger partial charge in [0.25, 0.3) is 0 Å². The van der Waals surface area contributed by atoms with E-state index in [1.165, 1.54) is 0 Å². The Kier molecular flexibility index (Phi) is 9.15. The molecule has 1 N–H and O–H groups in total. The van der Waals surface area contributed by atoms with E-state index in [4.69, 9.17) is 21.1 Å². The highest BCUT2D eigenvalue weighted by Gasteiger charge is 2.29. The number of carbonyl (C=O) groups is 1. The van der Waals surface area contributed by atoms with Gasteiger partial charge >= 0.3 is 0 Å². The van der Waals surface area contributed by atoms with Gasteiger partial charge in [0.05, 0.1) is 12.1 Å². The van der Waals surface area contributed by atoms with E-state index in [2.05, 4.69) is 15.1 Å². The minimum Gasteiger partial charge on any atom is -0.495 e. The van der Waals surface area contributed by atoms with Crippen LogP contribution in [0, 0.1) is 0 Å². The molecule has 1 fully saturated rings. The monoisotopic (exact) mass is 445 g/mol. The van der Waals surface area contributed by atoms with Crippen molar-refractivity contribution in [3.05, 3.63) is 59.1 Å². The van der Waals surface area contributed by atoms with Crippen molar-refractivity contribution in [3.8, 4) is 5.75 Å². The molecule has 0 bridgehead atoms. The van der Waals surface area contributed by atoms with E-state index < -0.39 is 0 Å². The van der Waals surface area contributed by atoms with Crippen molar-refractivity contribution in [2.24, 2.45) is 0 Å². The number of methoxy groups -OCH3 is 2. The molecule has 1 heterocycles. The summed E-state index contributed by atoms with van der Waals surface area (Å²) in [6, 6.07) is 14.9. The molecule has 1 aliphatic rings. The van der Waals surface area contributed by atoms with Gasteiger partial charge in [0.2, 0.25) is 5.91 Å². The van der Waals surface area contributed by atoms with Gasteiger partial charge in [-0.3, -0.25) is 9.69 Å². The molecule has 0 radical (unpaired) electrons. The average molecular weight is 446 g/mol. The molecule has 0 saturated carbocycles. The minimum atomic E-state index is -0.360. The van der Waals surface area contributed by atoms with Crippen LogP contribution < -0.4 is 10.1 Å². The lowest BCUT2D eigenvalue weighted by molar-refractivity contribution is -0.121. The van der Waals surface area contributed by atoms with Gasteiger partial charge in [-0.15, -0.1) is 0 Å². The van der Waals surface area contributed by atoms with Crippen molar-refractivity contribution in [3.63, 3.8) is 0 Å². The van der Waals surface area contributed by atoms with Crippen LogP contribution >= 0.6 is 11.6 Å². The maximum absolute atomic E-state index is 13.4. The lowest BCUT2D eigenvalue weighted by atomic mass is 10.0. The number of halogens is 1. The predicted octanol–water partition coefficient (Wildman–Crippen LogP) is 4.07. The predicted molar refractivity (Wildman–Crippen MR) is 125 cm³/mol. The highest BCUT2D eigenvalue weighted by atomic mass is 35.5. The normalized spacial score (nSPS) is 16.5. The zero-order chi connectivity index (χ0) is 22.1. The van der Waals surface area contributed by atoms with Crippen molar-refractivity contribution in [1.29, 1.82) is 0 Å². The van der Waals surface area contributed by atoms with Crippen LogP contribution in [-0.2, 0) is 9.53 Å². The SMILES string of the molecule is COCCCN1CCCN([C@@H](C(=O)Nc2ccc(OC)c(Cl)c2)c2ccccc2)CC1. The second-order valence-electron chi connectivity index (χ2n) is 7.73. The largest absolute Gasteiger partial charge is 0.495 e. The molecule has 6 nitrogen and oxygen atoms in total. The fourth-order valence-electron chi connectivity index (χ4n) is 4.02. The Hall–Kier alpha value is -2.12. The lowest BCUT2D eigenvalue weighted by Gasteiger charge is -2.30. The number of amides is 1. The Morgan fingerprint density at radius 3 is 2.61 bits per heavy atom. The number of nitrogens with zero attached hydrogens (tertiary/aromatic N) is 2. The fourth-order valence-corrected chi connectivity index (χ4v) is 4.28. The van der Waals surface area contributed by atoms with Crippen LogP contribution in [0.4, 0.5) is 5.69 Å². The Balaban J connectivity index is 1.74. The van der Waals surface area contributed by atoms with Crippen LogP contribution in [-0.4, -0.2) is 69.3 Å². The Bertz CT molecular complexity index is 834. The third-order valence-corrected chi connectivity index (χ3v) is 5.89. The quantitative estimate of drug-likeness (QED) is 0.589. The first kappa shape index (κ1) is 23.5. The molecule has 7 heteroatoms. The van der Waals surface area contributed by atoms with Crippen molar-refractivity contribution < 1.29 is 14.3 Å². The molecule has 1 amide bonds. The number of carbonyl (C=O) groups excluding carboxylic acids is 1. The molecule has 31 heavy (non-hydrogen) atoms. The van der Waals surface area contributed by atoms with Gasteiger partial charge in [0.15, 0.2) is 0 Å². The van der Waals surface area contributed by atoms with E-state index in [1.54, 1.807) is 26.4 Å². The third-order valence-electron chi connectivity index (χ3n) is 5.59. The molecule has 1 atom stereocenters. The molecule has 0 aromatic heterocycles. The van der Waals surface area contributed by atoms with Crippen molar-refractivity contribution in [1.82, 2.24) is 9.80 Å². The number of hydrogen-bond acceptors (Lipinski definition) is 5. The van der Waals surface area contributed by atoms with Gasteiger partial charge < -0.3 is 19.7 Å². The number of nitrogens with one attached hydrogen (secondary N) is 1. The zero-order valence-electron chi connectivity index (χ0n) is 18.4. The smallest absolute Gasteiger partial charge is 0.246 e. The Morgan fingerprint density at radius 1 is 1.10 bits per heavy atom. The molecule has 2 aromatic rings. The summed E-state index contributed by atoms with van der Waals surface area (Å²) in [6.07, 6.45) is 2.05. The second-order valence-corrected chi connectivity index (χ2v) is 8.14. The molecule has 0 aliphatic carbocycles. The highest BCUT2D eigenvalue weighted by molar-refractivity contribution is 6.32. The Morgan fingerprint density at radius 2 is 1.90 bits per heavy atom. The van der Waals surface area contributed by atoms with Gasteiger partial charge in [-0.05, 0) is 43.1 Å². The molecule has 0 spiro atoms. The molecular weight excluding hydrogens is 414 g/mol. The number of ether oxygens (including phenoxy) is 2. The summed E-state index contributed by atoms with van der Waals surface area (Å²) >= 11 is 6.25. The molecule has 3 rings (SSSR count). The van der Waals surface area contributed by atoms with Crippen LogP contribution in [0.2, 0.25) is 5.02 Å². The number of anilines is 1. The molecule has 1 aliphatic heterocycles. The minimum absolute atomic E-state index is 0.0553. The Labute approximate surface area is 190 Å². The molecule has 2 aromatic carbocycles. The molecule has 168 valence electrons. The van der Waals surface area contributed by atoms with Crippen LogP contribution in [0.25, 0.3) is 0 Å². The number of hydrogen-bond donors (Lipinski definition) is 1. The third kappa shape index (κ3) is 6.68. The summed E-state index contributed by atoms with van der Waals surface area (Å²) in [6.45, 7) is 5.49. The summed E-state index contributed by atoms with van der Waals surface area (Å²) in [5.41, 5.74) is 1.65. The van der Waals surface area contributed by atoms with Gasteiger partial charge in [-0.1, -0.05) is 41.9 Å². The van der Waals surface area contributed by atoms with E-state index in [-0.39, 0.29) is 11.9 Å². The number of rotatable bonds is 9. The van der Waals surface area contributed by atoms with Gasteiger partial charge in [-0.2, -0.15) is 0 Å². The summed E-state index contributed by atoms with van der Waals surface area (Å²) in [4.78, 5) is 18.2. The molecular formula is C24H32ClN3O3. The van der Waals surface area contributed by atoms with Crippen LogP contribution in [0.3, 0.4) is 0 Å². The molecule has 0 unspecified atom stereocenters. The maximum atomic E-state index is 13.4. The summed E-state index contributed by atoms with van der Waals surface area (Å²) in [5, 5.41) is 3.52. The first-order valence-corrected chi connectivity index (χ1v) is 11.1. The highest BCUT2D eigenvalue weighted by Crippen LogP contribution is 2.29. The van der Waals surface area contributed by atoms with E-state index in [9.17, 15) is 4.79 Å². The van der Waals surface area contributed by atoms with Gasteiger partial charge in [0, 0.05) is 45.6 Å². The summed E-state index contributed by atoms with van der Waals surface area (Å²) in [7, 11) is 3.31. The van der Waals surface area contributed by atoms with Gasteiger partial charge in [0.1, 0.15) is 11.8 Å². The van der Waals surface area contributed by atoms with Crippen LogP contribution in [0.1, 0.15) is 24.4 Å². The van der Waals surface area contributed by atoms with Crippen LogP contribution in [0.5, 0.6) is 5.75 Å². The lowest BCUT2D eigenvalue weighted by Crippen LogP contribution is -2.39. The average Bonchev–Trinajstić information content (AvgIpc) is 3.01.